The minimum Gasteiger partial charge on any atom is -0.377 e. The van der Waals surface area contributed by atoms with Gasteiger partial charge in [-0.3, -0.25) is 0 Å². The quantitative estimate of drug-likeness (QED) is 0.861. The number of anilines is 1. The Balaban J connectivity index is 2.17. The molecule has 0 fully saturated rings. The largest absolute Gasteiger partial charge is 0.377 e. The van der Waals surface area contributed by atoms with Crippen LogP contribution in [0, 0.1) is 5.82 Å². The molecule has 100 valence electrons. The third kappa shape index (κ3) is 3.32. The Morgan fingerprint density at radius 3 is 2.37 bits per heavy atom. The van der Waals surface area contributed by atoms with Gasteiger partial charge in [0.25, 0.3) is 0 Å². The average Bonchev–Trinajstić information content (AvgIpc) is 2.46. The highest BCUT2D eigenvalue weighted by Crippen LogP contribution is 2.21. The number of hydrogen-bond donors (Lipinski definition) is 2. The monoisotopic (exact) mass is 258 g/mol. The third-order valence-electron chi connectivity index (χ3n) is 3.22. The van der Waals surface area contributed by atoms with Crippen LogP contribution in [0.25, 0.3) is 0 Å². The van der Waals surface area contributed by atoms with Gasteiger partial charge in [-0.05, 0) is 30.2 Å². The highest BCUT2D eigenvalue weighted by atomic mass is 19.1. The van der Waals surface area contributed by atoms with Gasteiger partial charge in [-0.15, -0.1) is 0 Å². The van der Waals surface area contributed by atoms with E-state index in [0.29, 0.717) is 12.1 Å². The van der Waals surface area contributed by atoms with Gasteiger partial charge in [0.2, 0.25) is 0 Å². The maximum Gasteiger partial charge on any atom is 0.128 e. The van der Waals surface area contributed by atoms with Crippen molar-refractivity contribution in [1.29, 1.82) is 0 Å². The smallest absolute Gasteiger partial charge is 0.128 e. The maximum atomic E-state index is 13.8. The molecule has 2 aromatic rings. The van der Waals surface area contributed by atoms with E-state index in [1.54, 1.807) is 12.1 Å². The average molecular weight is 258 g/mol. The number of nitrogens with one attached hydrogen (secondary N) is 1. The summed E-state index contributed by atoms with van der Waals surface area (Å²) in [5.74, 6) is -0.226. The summed E-state index contributed by atoms with van der Waals surface area (Å²) in [5.41, 5.74) is 8.58. The van der Waals surface area contributed by atoms with Gasteiger partial charge in [-0.2, -0.15) is 0 Å². The number of nitrogens with two attached hydrogens (primary N) is 1. The van der Waals surface area contributed by atoms with Crippen LogP contribution in [0.2, 0.25) is 0 Å². The van der Waals surface area contributed by atoms with Crippen molar-refractivity contribution in [3.63, 3.8) is 0 Å². The molecular weight excluding hydrogens is 239 g/mol. The molecule has 2 aromatic carbocycles. The molecule has 19 heavy (non-hydrogen) atoms. The maximum absolute atomic E-state index is 13.8. The summed E-state index contributed by atoms with van der Waals surface area (Å²) in [7, 11) is 0. The van der Waals surface area contributed by atoms with Crippen LogP contribution in [0.3, 0.4) is 0 Å². The summed E-state index contributed by atoms with van der Waals surface area (Å²) in [6.45, 7) is 2.46. The summed E-state index contributed by atoms with van der Waals surface area (Å²) in [6, 6.07) is 14.7. The van der Waals surface area contributed by atoms with Gasteiger partial charge in [-0.1, -0.05) is 37.3 Å². The predicted molar refractivity (Wildman–Crippen MR) is 77.6 cm³/mol. The van der Waals surface area contributed by atoms with E-state index >= 15 is 0 Å². The van der Waals surface area contributed by atoms with Gasteiger partial charge in [0, 0.05) is 17.8 Å². The highest BCUT2D eigenvalue weighted by Gasteiger charge is 2.13. The van der Waals surface area contributed by atoms with Crippen LogP contribution in [0.15, 0.2) is 48.5 Å². The molecule has 0 aliphatic carbocycles. The zero-order valence-corrected chi connectivity index (χ0v) is 11.1. The second-order valence-electron chi connectivity index (χ2n) is 4.50. The molecule has 0 aliphatic rings. The standard InChI is InChI=1S/C16H19FN2/c1-2-12-7-9-13(10-8-12)19-16(11-18)14-5-3-4-6-15(14)17/h3-10,16,19H,2,11,18H2,1H3. The molecule has 3 N–H and O–H groups in total. The Kier molecular flexibility index (Phi) is 4.53. The van der Waals surface area contributed by atoms with E-state index in [2.05, 4.69) is 24.4 Å². The first kappa shape index (κ1) is 13.6. The van der Waals surface area contributed by atoms with Crippen LogP contribution < -0.4 is 11.1 Å². The zero-order valence-electron chi connectivity index (χ0n) is 11.1. The molecule has 0 amide bonds. The van der Waals surface area contributed by atoms with Crippen molar-refractivity contribution in [2.45, 2.75) is 19.4 Å². The molecule has 0 radical (unpaired) electrons. The van der Waals surface area contributed by atoms with Gasteiger partial charge in [0.15, 0.2) is 0 Å². The number of benzene rings is 2. The van der Waals surface area contributed by atoms with Crippen LogP contribution in [-0.2, 0) is 6.42 Å². The van der Waals surface area contributed by atoms with Crippen molar-refractivity contribution in [3.8, 4) is 0 Å². The molecule has 0 spiro atoms. The van der Waals surface area contributed by atoms with Crippen LogP contribution in [0.1, 0.15) is 24.1 Å². The Labute approximate surface area is 113 Å². The molecule has 0 aliphatic heterocycles. The van der Waals surface area contributed by atoms with E-state index in [-0.39, 0.29) is 11.9 Å². The van der Waals surface area contributed by atoms with Gasteiger partial charge >= 0.3 is 0 Å². The van der Waals surface area contributed by atoms with Crippen molar-refractivity contribution in [2.75, 3.05) is 11.9 Å². The number of aryl methyl sites for hydroxylation is 1. The normalized spacial score (nSPS) is 12.2. The first-order chi connectivity index (χ1) is 9.24. The van der Waals surface area contributed by atoms with E-state index in [9.17, 15) is 4.39 Å². The first-order valence-corrected chi connectivity index (χ1v) is 6.54. The van der Waals surface area contributed by atoms with Crippen LogP contribution in [0.4, 0.5) is 10.1 Å². The van der Waals surface area contributed by atoms with Crippen molar-refractivity contribution >= 4 is 5.69 Å². The lowest BCUT2D eigenvalue weighted by molar-refractivity contribution is 0.593. The zero-order chi connectivity index (χ0) is 13.7. The molecule has 0 aromatic heterocycles. The SMILES string of the molecule is CCc1ccc(NC(CN)c2ccccc2F)cc1. The summed E-state index contributed by atoms with van der Waals surface area (Å²) in [5, 5.41) is 3.27. The Hall–Kier alpha value is -1.87. The second-order valence-corrected chi connectivity index (χ2v) is 4.50. The first-order valence-electron chi connectivity index (χ1n) is 6.54. The molecule has 2 nitrogen and oxygen atoms in total. The highest BCUT2D eigenvalue weighted by molar-refractivity contribution is 5.47. The number of halogens is 1. The molecule has 1 atom stereocenters. The Morgan fingerprint density at radius 1 is 1.11 bits per heavy atom. The minimum absolute atomic E-state index is 0.214. The minimum atomic E-state index is -0.226. The lowest BCUT2D eigenvalue weighted by atomic mass is 10.1. The summed E-state index contributed by atoms with van der Waals surface area (Å²) in [6.07, 6.45) is 1.01. The van der Waals surface area contributed by atoms with Crippen LogP contribution >= 0.6 is 0 Å². The van der Waals surface area contributed by atoms with E-state index in [4.69, 9.17) is 5.73 Å². The molecule has 0 heterocycles. The molecule has 0 saturated heterocycles. The van der Waals surface area contributed by atoms with Crippen LogP contribution in [0.5, 0.6) is 0 Å². The predicted octanol–water partition coefficient (Wildman–Crippen LogP) is 3.50. The lowest BCUT2D eigenvalue weighted by Gasteiger charge is -2.19. The summed E-state index contributed by atoms with van der Waals surface area (Å²) in [4.78, 5) is 0. The molecular formula is C16H19FN2. The Morgan fingerprint density at radius 2 is 1.79 bits per heavy atom. The van der Waals surface area contributed by atoms with Crippen LogP contribution in [-0.4, -0.2) is 6.54 Å². The summed E-state index contributed by atoms with van der Waals surface area (Å²) >= 11 is 0. The molecule has 3 heteroatoms. The second kappa shape index (κ2) is 6.34. The third-order valence-corrected chi connectivity index (χ3v) is 3.22. The van der Waals surface area contributed by atoms with Gasteiger partial charge < -0.3 is 11.1 Å². The Bertz CT molecular complexity index is 523. The van der Waals surface area contributed by atoms with E-state index in [1.165, 1.54) is 11.6 Å². The molecule has 2 rings (SSSR count). The fourth-order valence-corrected chi connectivity index (χ4v) is 2.06. The van der Waals surface area contributed by atoms with Crippen molar-refractivity contribution in [1.82, 2.24) is 0 Å². The fourth-order valence-electron chi connectivity index (χ4n) is 2.06. The fraction of sp³-hybridized carbons (Fsp3) is 0.250. The van der Waals surface area contributed by atoms with Crippen molar-refractivity contribution in [2.24, 2.45) is 5.73 Å². The van der Waals surface area contributed by atoms with Crippen molar-refractivity contribution in [3.05, 3.63) is 65.5 Å². The topological polar surface area (TPSA) is 38.0 Å². The molecule has 1 unspecified atom stereocenters. The van der Waals surface area contributed by atoms with E-state index in [1.807, 2.05) is 18.2 Å². The van der Waals surface area contributed by atoms with Gasteiger partial charge in [-0.25, -0.2) is 4.39 Å². The van der Waals surface area contributed by atoms with Gasteiger partial charge in [0.1, 0.15) is 5.82 Å². The van der Waals surface area contributed by atoms with E-state index < -0.39 is 0 Å². The van der Waals surface area contributed by atoms with E-state index in [0.717, 1.165) is 12.1 Å². The lowest BCUT2D eigenvalue weighted by Crippen LogP contribution is -2.21. The number of hydrogen-bond acceptors (Lipinski definition) is 2. The van der Waals surface area contributed by atoms with Gasteiger partial charge in [0.05, 0.1) is 6.04 Å². The summed E-state index contributed by atoms with van der Waals surface area (Å²) < 4.78 is 13.8. The molecule has 0 saturated carbocycles. The van der Waals surface area contributed by atoms with Crippen molar-refractivity contribution < 1.29 is 4.39 Å². The molecule has 0 bridgehead atoms. The number of rotatable bonds is 5.